The van der Waals surface area contributed by atoms with Gasteiger partial charge in [0.15, 0.2) is 0 Å². The van der Waals surface area contributed by atoms with Crippen LogP contribution in [0.25, 0.3) is 0 Å². The first-order valence-electron chi connectivity index (χ1n) is 5.19. The van der Waals surface area contributed by atoms with E-state index in [0.717, 1.165) is 0 Å². The predicted octanol–water partition coefficient (Wildman–Crippen LogP) is 1.80. The Balaban J connectivity index is 3.39. The lowest BCUT2D eigenvalue weighted by molar-refractivity contribution is -0.0445. The smallest absolute Gasteiger partial charge is 0.0707 e. The molecule has 0 aromatic carbocycles. The van der Waals surface area contributed by atoms with E-state index in [0.29, 0.717) is 26.4 Å². The molecule has 0 bridgehead atoms. The number of rotatable bonds is 6. The van der Waals surface area contributed by atoms with Gasteiger partial charge < -0.3 is 15.2 Å². The van der Waals surface area contributed by atoms with E-state index >= 15 is 0 Å². The van der Waals surface area contributed by atoms with Crippen molar-refractivity contribution in [1.82, 2.24) is 0 Å². The van der Waals surface area contributed by atoms with Crippen LogP contribution in [-0.2, 0) is 9.47 Å². The molecule has 0 aromatic heterocycles. The standard InChI is InChI=1S/C11H25NO2/c1-10(2,3)14-7-6-13-9-11(4,5)8-12/h6-9,12H2,1-5H3. The maximum absolute atomic E-state index is 5.58. The first-order chi connectivity index (χ1) is 6.27. The van der Waals surface area contributed by atoms with Gasteiger partial charge in [-0.2, -0.15) is 0 Å². The highest BCUT2D eigenvalue weighted by molar-refractivity contribution is 4.67. The molecule has 86 valence electrons. The molecule has 0 aliphatic rings. The molecule has 0 aromatic rings. The third kappa shape index (κ3) is 8.48. The summed E-state index contributed by atoms with van der Waals surface area (Å²) in [6.45, 7) is 12.9. The summed E-state index contributed by atoms with van der Waals surface area (Å²) in [4.78, 5) is 0. The molecule has 0 rings (SSSR count). The van der Waals surface area contributed by atoms with Crippen molar-refractivity contribution in [2.24, 2.45) is 11.1 Å². The lowest BCUT2D eigenvalue weighted by atomic mass is 9.95. The lowest BCUT2D eigenvalue weighted by Crippen LogP contribution is -2.30. The van der Waals surface area contributed by atoms with Crippen LogP contribution in [0.5, 0.6) is 0 Å². The maximum atomic E-state index is 5.58. The van der Waals surface area contributed by atoms with Crippen LogP contribution >= 0.6 is 0 Å². The maximum Gasteiger partial charge on any atom is 0.0707 e. The van der Waals surface area contributed by atoms with Gasteiger partial charge in [0.2, 0.25) is 0 Å². The van der Waals surface area contributed by atoms with E-state index in [9.17, 15) is 0 Å². The van der Waals surface area contributed by atoms with Gasteiger partial charge in [-0.25, -0.2) is 0 Å². The van der Waals surface area contributed by atoms with Gasteiger partial charge in [0.25, 0.3) is 0 Å². The highest BCUT2D eigenvalue weighted by Gasteiger charge is 2.15. The molecule has 0 saturated heterocycles. The van der Waals surface area contributed by atoms with E-state index in [1.54, 1.807) is 0 Å². The first-order valence-corrected chi connectivity index (χ1v) is 5.19. The minimum absolute atomic E-state index is 0.0712. The Morgan fingerprint density at radius 2 is 1.57 bits per heavy atom. The number of hydrogen-bond donors (Lipinski definition) is 1. The minimum atomic E-state index is -0.0766. The zero-order valence-corrected chi connectivity index (χ0v) is 10.2. The molecule has 0 amide bonds. The summed E-state index contributed by atoms with van der Waals surface area (Å²) in [5.41, 5.74) is 5.57. The predicted molar refractivity (Wildman–Crippen MR) is 59.4 cm³/mol. The highest BCUT2D eigenvalue weighted by atomic mass is 16.5. The normalized spacial score (nSPS) is 13.3. The Labute approximate surface area is 88.0 Å². The van der Waals surface area contributed by atoms with Crippen molar-refractivity contribution >= 4 is 0 Å². The molecule has 14 heavy (non-hydrogen) atoms. The summed E-state index contributed by atoms with van der Waals surface area (Å²) in [6, 6.07) is 0. The molecule has 0 aliphatic heterocycles. The Morgan fingerprint density at radius 1 is 1.00 bits per heavy atom. The van der Waals surface area contributed by atoms with Crippen LogP contribution in [0, 0.1) is 5.41 Å². The van der Waals surface area contributed by atoms with Crippen molar-refractivity contribution in [3.05, 3.63) is 0 Å². The molecule has 0 unspecified atom stereocenters. The average Bonchev–Trinajstić information content (AvgIpc) is 2.01. The van der Waals surface area contributed by atoms with Crippen molar-refractivity contribution in [2.75, 3.05) is 26.4 Å². The molecule has 0 spiro atoms. The zero-order chi connectivity index (χ0) is 11.2. The van der Waals surface area contributed by atoms with E-state index in [4.69, 9.17) is 15.2 Å². The second-order valence-electron chi connectivity index (χ2n) is 5.38. The van der Waals surface area contributed by atoms with Crippen LogP contribution in [0.15, 0.2) is 0 Å². The molecule has 3 nitrogen and oxygen atoms in total. The fraction of sp³-hybridized carbons (Fsp3) is 1.00. The molecule has 0 fully saturated rings. The van der Waals surface area contributed by atoms with Crippen LogP contribution in [0.2, 0.25) is 0 Å². The molecule has 0 saturated carbocycles. The van der Waals surface area contributed by atoms with Gasteiger partial charge in [0, 0.05) is 5.41 Å². The van der Waals surface area contributed by atoms with Crippen LogP contribution in [0.1, 0.15) is 34.6 Å². The van der Waals surface area contributed by atoms with Gasteiger partial charge in [-0.15, -0.1) is 0 Å². The van der Waals surface area contributed by atoms with Gasteiger partial charge in [-0.1, -0.05) is 13.8 Å². The monoisotopic (exact) mass is 203 g/mol. The number of nitrogens with two attached hydrogens (primary N) is 1. The number of ether oxygens (including phenoxy) is 2. The van der Waals surface area contributed by atoms with Crippen LogP contribution in [-0.4, -0.2) is 32.0 Å². The summed E-state index contributed by atoms with van der Waals surface area (Å²) in [5, 5.41) is 0. The molecular formula is C11H25NO2. The summed E-state index contributed by atoms with van der Waals surface area (Å²) < 4.78 is 11.0. The van der Waals surface area contributed by atoms with Crippen LogP contribution in [0.4, 0.5) is 0 Å². The second kappa shape index (κ2) is 5.69. The third-order valence-corrected chi connectivity index (χ3v) is 1.81. The fourth-order valence-electron chi connectivity index (χ4n) is 0.814. The Morgan fingerprint density at radius 3 is 2.00 bits per heavy atom. The first kappa shape index (κ1) is 13.9. The van der Waals surface area contributed by atoms with Gasteiger partial charge in [0.05, 0.1) is 25.4 Å². The summed E-state index contributed by atoms with van der Waals surface area (Å²) in [7, 11) is 0. The summed E-state index contributed by atoms with van der Waals surface area (Å²) >= 11 is 0. The van der Waals surface area contributed by atoms with Crippen molar-refractivity contribution in [3.63, 3.8) is 0 Å². The van der Waals surface area contributed by atoms with Gasteiger partial charge in [-0.05, 0) is 27.3 Å². The molecule has 0 aliphatic carbocycles. The third-order valence-electron chi connectivity index (χ3n) is 1.81. The van der Waals surface area contributed by atoms with Crippen LogP contribution in [0.3, 0.4) is 0 Å². The molecule has 0 atom stereocenters. The van der Waals surface area contributed by atoms with Crippen LogP contribution < -0.4 is 5.73 Å². The van der Waals surface area contributed by atoms with E-state index in [-0.39, 0.29) is 11.0 Å². The SMILES string of the molecule is CC(C)(CN)COCCOC(C)(C)C. The van der Waals surface area contributed by atoms with Crippen molar-refractivity contribution in [3.8, 4) is 0 Å². The molecular weight excluding hydrogens is 178 g/mol. The lowest BCUT2D eigenvalue weighted by Gasteiger charge is -2.23. The Hall–Kier alpha value is -0.120. The molecule has 3 heteroatoms. The van der Waals surface area contributed by atoms with E-state index in [1.165, 1.54) is 0 Å². The van der Waals surface area contributed by atoms with E-state index < -0.39 is 0 Å². The van der Waals surface area contributed by atoms with Crippen molar-refractivity contribution in [1.29, 1.82) is 0 Å². The summed E-state index contributed by atoms with van der Waals surface area (Å²) in [6.07, 6.45) is 0. The fourth-order valence-corrected chi connectivity index (χ4v) is 0.814. The second-order valence-corrected chi connectivity index (χ2v) is 5.38. The highest BCUT2D eigenvalue weighted by Crippen LogP contribution is 2.12. The topological polar surface area (TPSA) is 44.5 Å². The number of hydrogen-bond acceptors (Lipinski definition) is 3. The molecule has 2 N–H and O–H groups in total. The van der Waals surface area contributed by atoms with Gasteiger partial charge in [0.1, 0.15) is 0 Å². The molecule has 0 radical (unpaired) electrons. The van der Waals surface area contributed by atoms with E-state index in [1.807, 2.05) is 20.8 Å². The Bertz CT molecular complexity index is 150. The van der Waals surface area contributed by atoms with E-state index in [2.05, 4.69) is 13.8 Å². The average molecular weight is 203 g/mol. The van der Waals surface area contributed by atoms with Crippen molar-refractivity contribution < 1.29 is 9.47 Å². The Kier molecular flexibility index (Phi) is 5.64. The summed E-state index contributed by atoms with van der Waals surface area (Å²) in [5.74, 6) is 0. The van der Waals surface area contributed by atoms with Crippen molar-refractivity contribution in [2.45, 2.75) is 40.2 Å². The zero-order valence-electron chi connectivity index (χ0n) is 10.2. The quantitative estimate of drug-likeness (QED) is 0.669. The largest absolute Gasteiger partial charge is 0.378 e. The minimum Gasteiger partial charge on any atom is -0.378 e. The van der Waals surface area contributed by atoms with Gasteiger partial charge >= 0.3 is 0 Å². The molecule has 0 heterocycles. The van der Waals surface area contributed by atoms with Gasteiger partial charge in [-0.3, -0.25) is 0 Å².